The smallest absolute Gasteiger partial charge is 0.326 e. The van der Waals surface area contributed by atoms with Crippen molar-refractivity contribution in [3.8, 4) is 6.19 Å². The first-order valence-corrected chi connectivity index (χ1v) is 16.2. The largest absolute Gasteiger partial charge is 0.480 e. The minimum Gasteiger partial charge on any atom is -0.480 e. The molecular weight excluding hydrogens is 654 g/mol. The average molecular weight is 696 g/mol. The number of rotatable bonds is 12. The van der Waals surface area contributed by atoms with Crippen molar-refractivity contribution in [2.24, 2.45) is 10.4 Å². The van der Waals surface area contributed by atoms with E-state index in [9.17, 15) is 39.4 Å². The molecule has 6 N–H and O–H groups in total. The number of fused-ring (bicyclic) bond motifs is 1. The van der Waals surface area contributed by atoms with Crippen molar-refractivity contribution in [3.63, 3.8) is 0 Å². The van der Waals surface area contributed by atoms with E-state index in [0.717, 1.165) is 0 Å². The number of hydrogen-bond donors (Lipinski definition) is 6. The normalized spacial score (nSPS) is 15.1. The molecule has 0 radical (unpaired) electrons. The van der Waals surface area contributed by atoms with Gasteiger partial charge in [-0.3, -0.25) is 19.7 Å². The molecule has 0 aromatic heterocycles. The van der Waals surface area contributed by atoms with E-state index in [1.165, 1.54) is 11.8 Å². The van der Waals surface area contributed by atoms with Gasteiger partial charge in [-0.15, -0.1) is 0 Å². The van der Waals surface area contributed by atoms with Gasteiger partial charge in [-0.25, -0.2) is 14.6 Å². The van der Waals surface area contributed by atoms with Gasteiger partial charge < -0.3 is 31.1 Å². The average Bonchev–Trinajstić information content (AvgIpc) is 3.44. The van der Waals surface area contributed by atoms with Crippen LogP contribution in [0.25, 0.3) is 0 Å². The third-order valence-corrected chi connectivity index (χ3v) is 8.08. The minimum atomic E-state index is -1.43. The summed E-state index contributed by atoms with van der Waals surface area (Å²) in [5.74, 6) is -3.93. The van der Waals surface area contributed by atoms with Crippen molar-refractivity contribution in [1.29, 1.82) is 5.26 Å². The maximum atomic E-state index is 13.8. The second-order valence-electron chi connectivity index (χ2n) is 13.4. The van der Waals surface area contributed by atoms with Crippen molar-refractivity contribution >= 4 is 47.0 Å². The molecular formula is C37H41N7O7. The van der Waals surface area contributed by atoms with E-state index in [4.69, 9.17) is 0 Å². The van der Waals surface area contributed by atoms with Gasteiger partial charge in [0.25, 0.3) is 0 Å². The zero-order valence-electron chi connectivity index (χ0n) is 28.8. The highest BCUT2D eigenvalue weighted by molar-refractivity contribution is 5.97. The molecule has 3 aromatic rings. The SMILES string of the molecule is CC(=O)N1Cc2cc(NC(=Nc3ccccc3)NC#N)ccc2C1C(=O)NC(Cc1ccccc1CC(NC(=O)CC(C)(C)C)C(=O)O)C(=O)O. The molecule has 0 spiro atoms. The lowest BCUT2D eigenvalue weighted by Crippen LogP contribution is -2.47. The Hall–Kier alpha value is -6.23. The van der Waals surface area contributed by atoms with Gasteiger partial charge in [-0.1, -0.05) is 69.3 Å². The molecule has 3 unspecified atom stereocenters. The van der Waals surface area contributed by atoms with E-state index in [2.05, 4.69) is 26.3 Å². The van der Waals surface area contributed by atoms with Gasteiger partial charge in [-0.05, 0) is 51.9 Å². The van der Waals surface area contributed by atoms with Gasteiger partial charge in [0.15, 0.2) is 6.19 Å². The number of nitrogens with one attached hydrogen (secondary N) is 4. The predicted octanol–water partition coefficient (Wildman–Crippen LogP) is 3.62. The van der Waals surface area contributed by atoms with Gasteiger partial charge in [0.2, 0.25) is 23.7 Å². The molecule has 3 atom stereocenters. The van der Waals surface area contributed by atoms with Crippen molar-refractivity contribution in [1.82, 2.24) is 20.9 Å². The minimum absolute atomic E-state index is 0.0766. The third kappa shape index (κ3) is 10.4. The van der Waals surface area contributed by atoms with Crippen LogP contribution in [0.2, 0.25) is 0 Å². The van der Waals surface area contributed by atoms with Crippen LogP contribution in [0.3, 0.4) is 0 Å². The summed E-state index contributed by atoms with van der Waals surface area (Å²) in [6, 6.07) is 16.9. The van der Waals surface area contributed by atoms with E-state index < -0.39 is 47.8 Å². The third-order valence-electron chi connectivity index (χ3n) is 8.08. The first kappa shape index (κ1) is 37.6. The van der Waals surface area contributed by atoms with Crippen LogP contribution in [0, 0.1) is 16.9 Å². The number of carbonyl (C=O) groups is 5. The molecule has 1 aliphatic rings. The number of carboxylic acid groups (broad SMARTS) is 2. The number of nitrogens with zero attached hydrogens (tertiary/aromatic N) is 3. The van der Waals surface area contributed by atoms with E-state index in [1.807, 2.05) is 33.0 Å². The Kier molecular flexibility index (Phi) is 12.1. The van der Waals surface area contributed by atoms with E-state index >= 15 is 0 Å². The molecule has 0 aliphatic carbocycles. The lowest BCUT2D eigenvalue weighted by atomic mass is 9.91. The molecule has 51 heavy (non-hydrogen) atoms. The standard InChI is InChI=1S/C37H41N7O7/c1-22(45)44-20-25-16-27(41-36(39-21-38)40-26-12-6-5-7-13-26)14-15-28(25)32(44)33(47)43-30(35(50)51)18-24-11-9-8-10-23(24)17-29(34(48)49)42-31(46)19-37(2,3)4/h5-16,29-30,32H,17-20H2,1-4H3,(H,42,46)(H,43,47)(H,48,49)(H,50,51)(H2,39,40,41). The van der Waals surface area contributed by atoms with Crippen molar-refractivity contribution in [3.05, 3.63) is 95.1 Å². The molecule has 266 valence electrons. The number of hydrogen-bond acceptors (Lipinski definition) is 7. The van der Waals surface area contributed by atoms with Gasteiger partial charge in [-0.2, -0.15) is 5.26 Å². The van der Waals surface area contributed by atoms with Gasteiger partial charge in [0.05, 0.1) is 5.69 Å². The quantitative estimate of drug-likeness (QED) is 0.0701. The lowest BCUT2D eigenvalue weighted by molar-refractivity contribution is -0.144. The van der Waals surface area contributed by atoms with E-state index in [0.29, 0.717) is 33.6 Å². The number of nitriles is 1. The van der Waals surface area contributed by atoms with Crippen LogP contribution in [-0.2, 0) is 43.4 Å². The Morgan fingerprint density at radius 3 is 2.04 bits per heavy atom. The fraction of sp³-hybridized carbons (Fsp3) is 0.324. The lowest BCUT2D eigenvalue weighted by Gasteiger charge is -2.25. The Bertz CT molecular complexity index is 1860. The molecule has 4 rings (SSSR count). The van der Waals surface area contributed by atoms with Crippen LogP contribution in [0.1, 0.15) is 62.4 Å². The maximum Gasteiger partial charge on any atom is 0.326 e. The van der Waals surface area contributed by atoms with Crippen LogP contribution in [0.5, 0.6) is 0 Å². The molecule has 0 saturated carbocycles. The van der Waals surface area contributed by atoms with Gasteiger partial charge in [0, 0.05) is 38.4 Å². The molecule has 1 heterocycles. The summed E-state index contributed by atoms with van der Waals surface area (Å²) in [5, 5.41) is 39.9. The number of benzene rings is 3. The molecule has 0 saturated heterocycles. The molecule has 1 aliphatic heterocycles. The zero-order chi connectivity index (χ0) is 37.3. The van der Waals surface area contributed by atoms with Crippen LogP contribution < -0.4 is 21.3 Å². The first-order valence-electron chi connectivity index (χ1n) is 16.2. The number of aliphatic carboxylic acids is 2. The number of carbonyl (C=O) groups excluding carboxylic acids is 3. The second-order valence-corrected chi connectivity index (χ2v) is 13.4. The molecule has 3 amide bonds. The Balaban J connectivity index is 1.54. The highest BCUT2D eigenvalue weighted by Crippen LogP contribution is 2.36. The maximum absolute atomic E-state index is 13.8. The summed E-state index contributed by atoms with van der Waals surface area (Å²) >= 11 is 0. The summed E-state index contributed by atoms with van der Waals surface area (Å²) in [5.41, 5.74) is 2.89. The first-order chi connectivity index (χ1) is 24.1. The second kappa shape index (κ2) is 16.4. The van der Waals surface area contributed by atoms with Crippen LogP contribution >= 0.6 is 0 Å². The molecule has 14 heteroatoms. The molecule has 0 fully saturated rings. The topological polar surface area (TPSA) is 213 Å². The van der Waals surface area contributed by atoms with Crippen molar-refractivity contribution in [2.75, 3.05) is 5.32 Å². The van der Waals surface area contributed by atoms with Crippen LogP contribution in [-0.4, -0.2) is 62.8 Å². The fourth-order valence-corrected chi connectivity index (χ4v) is 5.79. The Morgan fingerprint density at radius 1 is 0.902 bits per heavy atom. The molecule has 14 nitrogen and oxygen atoms in total. The molecule has 3 aromatic carbocycles. The number of para-hydroxylation sites is 1. The highest BCUT2D eigenvalue weighted by Gasteiger charge is 2.39. The van der Waals surface area contributed by atoms with Gasteiger partial charge >= 0.3 is 11.9 Å². The van der Waals surface area contributed by atoms with E-state index in [-0.39, 0.29) is 37.2 Å². The number of guanidine groups is 1. The summed E-state index contributed by atoms with van der Waals surface area (Å²) < 4.78 is 0. The van der Waals surface area contributed by atoms with Crippen LogP contribution in [0.15, 0.2) is 77.8 Å². The number of aliphatic imine (C=N–C) groups is 1. The number of anilines is 1. The van der Waals surface area contributed by atoms with Crippen LogP contribution in [0.4, 0.5) is 11.4 Å². The number of amides is 3. The molecule has 0 bridgehead atoms. The van der Waals surface area contributed by atoms with Crippen molar-refractivity contribution < 1.29 is 34.2 Å². The highest BCUT2D eigenvalue weighted by atomic mass is 16.4. The van der Waals surface area contributed by atoms with Gasteiger partial charge in [0.1, 0.15) is 18.1 Å². The Morgan fingerprint density at radius 2 is 1.49 bits per heavy atom. The summed E-state index contributed by atoms with van der Waals surface area (Å²) in [7, 11) is 0. The number of carboxylic acids is 2. The summed E-state index contributed by atoms with van der Waals surface area (Å²) in [6.45, 7) is 6.98. The van der Waals surface area contributed by atoms with E-state index in [1.54, 1.807) is 66.7 Å². The Labute approximate surface area is 295 Å². The van der Waals surface area contributed by atoms with Crippen molar-refractivity contribution in [2.45, 2.75) is 71.6 Å². The summed E-state index contributed by atoms with van der Waals surface area (Å²) in [6.07, 6.45) is 1.67. The zero-order valence-corrected chi connectivity index (χ0v) is 28.8. The monoisotopic (exact) mass is 695 g/mol. The summed E-state index contributed by atoms with van der Waals surface area (Å²) in [4.78, 5) is 69.3. The predicted molar refractivity (Wildman–Crippen MR) is 188 cm³/mol. The fourth-order valence-electron chi connectivity index (χ4n) is 5.79.